The molecule has 2 atom stereocenters. The van der Waals surface area contributed by atoms with Crippen molar-refractivity contribution in [1.29, 1.82) is 0 Å². The molecule has 1 amide bonds. The minimum absolute atomic E-state index is 0.00246. The number of rotatable bonds is 6. The monoisotopic (exact) mass is 449 g/mol. The van der Waals surface area contributed by atoms with E-state index in [1.807, 2.05) is 24.3 Å². The van der Waals surface area contributed by atoms with Crippen LogP contribution in [-0.4, -0.2) is 55.5 Å². The molecular weight excluding hydrogens is 428 g/mol. The van der Waals surface area contributed by atoms with E-state index in [1.165, 1.54) is 0 Å². The van der Waals surface area contributed by atoms with Crippen LogP contribution >= 0.6 is 11.6 Å². The van der Waals surface area contributed by atoms with E-state index in [-0.39, 0.29) is 29.6 Å². The van der Waals surface area contributed by atoms with Gasteiger partial charge in [-0.05, 0) is 35.9 Å². The summed E-state index contributed by atoms with van der Waals surface area (Å²) in [5, 5.41) is 7.36. The molecule has 2 aromatic carbocycles. The third-order valence-electron chi connectivity index (χ3n) is 5.41. The number of nitrogens with zero attached hydrogens (tertiary/aromatic N) is 2. The maximum atomic E-state index is 14.0. The van der Waals surface area contributed by atoms with Crippen LogP contribution in [0.3, 0.4) is 0 Å². The fourth-order valence-electron chi connectivity index (χ4n) is 3.74. The molecule has 9 heteroatoms. The van der Waals surface area contributed by atoms with Crippen molar-refractivity contribution in [3.63, 3.8) is 0 Å². The Morgan fingerprint density at radius 2 is 1.94 bits per heavy atom. The van der Waals surface area contributed by atoms with Crippen LogP contribution in [0.2, 0.25) is 5.02 Å². The van der Waals surface area contributed by atoms with E-state index in [2.05, 4.69) is 15.4 Å². The third-order valence-corrected chi connectivity index (χ3v) is 5.66. The normalized spacial score (nSPS) is 20.1. The predicted molar refractivity (Wildman–Crippen MR) is 112 cm³/mol. The van der Waals surface area contributed by atoms with Crippen molar-refractivity contribution < 1.29 is 23.1 Å². The second-order valence-corrected chi connectivity index (χ2v) is 7.86. The first-order valence-electron chi connectivity index (χ1n) is 10.0. The molecule has 0 radical (unpaired) electrons. The Bertz CT molecular complexity index is 965. The molecule has 4 rings (SSSR count). The Labute approximate surface area is 183 Å². The van der Waals surface area contributed by atoms with Crippen LogP contribution in [0, 0.1) is 11.6 Å². The molecule has 1 N–H and O–H groups in total. The molecule has 0 spiro atoms. The quantitative estimate of drug-likeness (QED) is 0.735. The van der Waals surface area contributed by atoms with E-state index in [0.717, 1.165) is 36.9 Å². The zero-order valence-corrected chi connectivity index (χ0v) is 17.4. The lowest BCUT2D eigenvalue weighted by Gasteiger charge is -2.35. The number of benzene rings is 2. The van der Waals surface area contributed by atoms with Crippen LogP contribution in [0.1, 0.15) is 23.6 Å². The number of ether oxygens (including phenoxy) is 1. The van der Waals surface area contributed by atoms with E-state index < -0.39 is 17.7 Å². The maximum absolute atomic E-state index is 14.0. The summed E-state index contributed by atoms with van der Waals surface area (Å²) < 4.78 is 32.9. The van der Waals surface area contributed by atoms with Crippen molar-refractivity contribution in [3.05, 3.63) is 70.2 Å². The van der Waals surface area contributed by atoms with Gasteiger partial charge in [-0.25, -0.2) is 8.78 Å². The SMILES string of the molecule is O=C(NCC(c1ccc(Cl)cc1)N1CCOCC1)C1CC(c2cc(F)ccc2F)=NO1. The first-order chi connectivity index (χ1) is 15.0. The molecule has 2 aromatic rings. The zero-order valence-electron chi connectivity index (χ0n) is 16.7. The number of hydrogen-bond donors (Lipinski definition) is 1. The Hall–Kier alpha value is -2.55. The molecule has 31 heavy (non-hydrogen) atoms. The highest BCUT2D eigenvalue weighted by Gasteiger charge is 2.31. The lowest BCUT2D eigenvalue weighted by atomic mass is 10.0. The lowest BCUT2D eigenvalue weighted by Crippen LogP contribution is -2.45. The van der Waals surface area contributed by atoms with Gasteiger partial charge < -0.3 is 14.9 Å². The van der Waals surface area contributed by atoms with Crippen molar-refractivity contribution >= 4 is 23.2 Å². The molecule has 0 bridgehead atoms. The van der Waals surface area contributed by atoms with Crippen molar-refractivity contribution in [2.45, 2.75) is 18.6 Å². The molecule has 2 heterocycles. The Kier molecular flexibility index (Phi) is 6.80. The third kappa shape index (κ3) is 5.20. The van der Waals surface area contributed by atoms with Gasteiger partial charge in [0.25, 0.3) is 5.91 Å². The van der Waals surface area contributed by atoms with E-state index in [0.29, 0.717) is 24.8 Å². The summed E-state index contributed by atoms with van der Waals surface area (Å²) >= 11 is 6.02. The Balaban J connectivity index is 1.40. The van der Waals surface area contributed by atoms with Crippen molar-refractivity contribution in [2.75, 3.05) is 32.8 Å². The Morgan fingerprint density at radius 1 is 1.19 bits per heavy atom. The number of amides is 1. The number of hydrogen-bond acceptors (Lipinski definition) is 5. The molecule has 1 fully saturated rings. The van der Waals surface area contributed by atoms with Gasteiger partial charge in [-0.15, -0.1) is 0 Å². The molecule has 0 aromatic heterocycles. The van der Waals surface area contributed by atoms with Gasteiger partial charge in [-0.2, -0.15) is 0 Å². The average Bonchev–Trinajstić information content (AvgIpc) is 3.27. The highest BCUT2D eigenvalue weighted by molar-refractivity contribution is 6.30. The van der Waals surface area contributed by atoms with Crippen LogP contribution in [-0.2, 0) is 14.4 Å². The summed E-state index contributed by atoms with van der Waals surface area (Å²) in [6.07, 6.45) is -0.830. The van der Waals surface area contributed by atoms with E-state index in [9.17, 15) is 13.6 Å². The van der Waals surface area contributed by atoms with Crippen LogP contribution < -0.4 is 5.32 Å². The molecule has 1 saturated heterocycles. The number of morpholine rings is 1. The van der Waals surface area contributed by atoms with E-state index in [4.69, 9.17) is 21.2 Å². The summed E-state index contributed by atoms with van der Waals surface area (Å²) in [5.41, 5.74) is 1.24. The summed E-state index contributed by atoms with van der Waals surface area (Å²) in [4.78, 5) is 20.2. The molecule has 2 aliphatic heterocycles. The summed E-state index contributed by atoms with van der Waals surface area (Å²) in [5.74, 6) is -1.55. The number of carbonyl (C=O) groups is 1. The van der Waals surface area contributed by atoms with Crippen molar-refractivity contribution in [2.24, 2.45) is 5.16 Å². The first-order valence-corrected chi connectivity index (χ1v) is 10.4. The van der Waals surface area contributed by atoms with Crippen molar-refractivity contribution in [3.8, 4) is 0 Å². The molecule has 6 nitrogen and oxygen atoms in total. The van der Waals surface area contributed by atoms with Gasteiger partial charge in [0.1, 0.15) is 11.6 Å². The van der Waals surface area contributed by atoms with Crippen LogP contribution in [0.4, 0.5) is 8.78 Å². The second kappa shape index (κ2) is 9.72. The number of oxime groups is 1. The molecule has 2 aliphatic rings. The number of nitrogens with one attached hydrogen (secondary N) is 1. The largest absolute Gasteiger partial charge is 0.382 e. The molecule has 0 saturated carbocycles. The minimum atomic E-state index is -0.895. The van der Waals surface area contributed by atoms with Gasteiger partial charge >= 0.3 is 0 Å². The molecular formula is C22H22ClF2N3O3. The standard InChI is InChI=1S/C22H22ClF2N3O3/c23-15-3-1-14(2-4-15)20(28-7-9-30-10-8-28)13-26-22(29)21-12-19(27-31-21)17-11-16(24)5-6-18(17)25/h1-6,11,20-21H,7-10,12-13H2,(H,26,29). The first kappa shape index (κ1) is 21.7. The summed E-state index contributed by atoms with van der Waals surface area (Å²) in [6.45, 7) is 3.09. The smallest absolute Gasteiger partial charge is 0.264 e. The maximum Gasteiger partial charge on any atom is 0.264 e. The highest BCUT2D eigenvalue weighted by atomic mass is 35.5. The van der Waals surface area contributed by atoms with Gasteiger partial charge in [0.2, 0.25) is 6.10 Å². The predicted octanol–water partition coefficient (Wildman–Crippen LogP) is 3.30. The van der Waals surface area contributed by atoms with Gasteiger partial charge in [0.05, 0.1) is 25.0 Å². The fraction of sp³-hybridized carbons (Fsp3) is 0.364. The minimum Gasteiger partial charge on any atom is -0.382 e. The van der Waals surface area contributed by atoms with Gasteiger partial charge in [0.15, 0.2) is 0 Å². The second-order valence-electron chi connectivity index (χ2n) is 7.42. The van der Waals surface area contributed by atoms with Crippen LogP contribution in [0.25, 0.3) is 0 Å². The van der Waals surface area contributed by atoms with Crippen molar-refractivity contribution in [1.82, 2.24) is 10.2 Å². The number of carbonyl (C=O) groups excluding carboxylic acids is 1. The molecule has 164 valence electrons. The molecule has 2 unspecified atom stereocenters. The molecule has 0 aliphatic carbocycles. The Morgan fingerprint density at radius 3 is 2.68 bits per heavy atom. The number of halogens is 3. The lowest BCUT2D eigenvalue weighted by molar-refractivity contribution is -0.131. The van der Waals surface area contributed by atoms with Crippen LogP contribution in [0.5, 0.6) is 0 Å². The summed E-state index contributed by atoms with van der Waals surface area (Å²) in [6, 6.07) is 10.6. The average molecular weight is 450 g/mol. The fourth-order valence-corrected chi connectivity index (χ4v) is 3.86. The topological polar surface area (TPSA) is 63.2 Å². The summed E-state index contributed by atoms with van der Waals surface area (Å²) in [7, 11) is 0. The van der Waals surface area contributed by atoms with Crippen LogP contribution in [0.15, 0.2) is 47.6 Å². The zero-order chi connectivity index (χ0) is 21.8. The van der Waals surface area contributed by atoms with Gasteiger partial charge in [0, 0.05) is 36.6 Å². The highest BCUT2D eigenvalue weighted by Crippen LogP contribution is 2.24. The van der Waals surface area contributed by atoms with E-state index >= 15 is 0 Å². The van der Waals surface area contributed by atoms with E-state index in [1.54, 1.807) is 0 Å². The van der Waals surface area contributed by atoms with Gasteiger partial charge in [-0.1, -0.05) is 28.9 Å². The van der Waals surface area contributed by atoms with Gasteiger partial charge in [-0.3, -0.25) is 9.69 Å².